The largest absolute Gasteiger partial charge is 0.444 e. The zero-order valence-electron chi connectivity index (χ0n) is 13.3. The van der Waals surface area contributed by atoms with Crippen LogP contribution in [-0.4, -0.2) is 23.4 Å². The molecule has 0 unspecified atom stereocenters. The molecule has 0 spiro atoms. The Hall–Kier alpha value is -1.26. The van der Waals surface area contributed by atoms with E-state index >= 15 is 0 Å². The van der Waals surface area contributed by atoms with Crippen molar-refractivity contribution in [2.75, 3.05) is 11.9 Å². The van der Waals surface area contributed by atoms with Crippen LogP contribution < -0.4 is 5.32 Å². The van der Waals surface area contributed by atoms with Gasteiger partial charge in [0.05, 0.1) is 0 Å². The molecule has 0 saturated carbocycles. The molecule has 1 aromatic carbocycles. The maximum absolute atomic E-state index is 11.8. The van der Waals surface area contributed by atoms with E-state index in [0.29, 0.717) is 17.1 Å². The summed E-state index contributed by atoms with van der Waals surface area (Å²) < 4.78 is 5.21. The minimum Gasteiger partial charge on any atom is -0.444 e. The molecule has 21 heavy (non-hydrogen) atoms. The first-order valence-corrected chi connectivity index (χ1v) is 7.29. The monoisotopic (exact) mass is 313 g/mol. The smallest absolute Gasteiger partial charge is 0.412 e. The number of halogens is 1. The van der Waals surface area contributed by atoms with Crippen LogP contribution in [0.25, 0.3) is 0 Å². The standard InChI is InChI=1S/C16H24ClNO3/c1-15(2,3)21-14(20)18-12-6-7-13(17)11(8-12)9-16(4,5)10-19/h6-8,19H,9-10H2,1-5H3,(H,18,20). The predicted molar refractivity (Wildman–Crippen MR) is 85.9 cm³/mol. The van der Waals surface area contributed by atoms with Crippen molar-refractivity contribution < 1.29 is 14.6 Å². The Kier molecular flexibility index (Phi) is 5.65. The lowest BCUT2D eigenvalue weighted by Gasteiger charge is -2.23. The number of anilines is 1. The first-order valence-electron chi connectivity index (χ1n) is 6.92. The third-order valence-corrected chi connectivity index (χ3v) is 3.16. The molecule has 0 aliphatic heterocycles. The molecule has 2 N–H and O–H groups in total. The average molecular weight is 314 g/mol. The van der Waals surface area contributed by atoms with Gasteiger partial charge in [-0.2, -0.15) is 0 Å². The highest BCUT2D eigenvalue weighted by molar-refractivity contribution is 6.31. The van der Waals surface area contributed by atoms with Crippen LogP contribution in [0.15, 0.2) is 18.2 Å². The molecule has 0 fully saturated rings. The number of amides is 1. The van der Waals surface area contributed by atoms with Crippen LogP contribution in [0, 0.1) is 5.41 Å². The number of hydrogen-bond donors (Lipinski definition) is 2. The summed E-state index contributed by atoms with van der Waals surface area (Å²) >= 11 is 6.18. The highest BCUT2D eigenvalue weighted by atomic mass is 35.5. The van der Waals surface area contributed by atoms with Crippen molar-refractivity contribution in [2.45, 2.75) is 46.6 Å². The van der Waals surface area contributed by atoms with Crippen molar-refractivity contribution in [3.63, 3.8) is 0 Å². The summed E-state index contributed by atoms with van der Waals surface area (Å²) in [5.41, 5.74) is 0.688. The third-order valence-electron chi connectivity index (χ3n) is 2.79. The highest BCUT2D eigenvalue weighted by Crippen LogP contribution is 2.28. The number of carbonyl (C=O) groups excluding carboxylic acids is 1. The Balaban J connectivity index is 2.85. The fraction of sp³-hybridized carbons (Fsp3) is 0.562. The van der Waals surface area contributed by atoms with Gasteiger partial charge in [0.15, 0.2) is 0 Å². The molecule has 1 amide bonds. The molecule has 0 bridgehead atoms. The second-order valence-electron chi connectivity index (χ2n) is 6.93. The maximum atomic E-state index is 11.8. The number of carbonyl (C=O) groups is 1. The predicted octanol–water partition coefficient (Wildman–Crippen LogP) is 4.25. The third kappa shape index (κ3) is 6.36. The van der Waals surface area contributed by atoms with Gasteiger partial charge in [0.2, 0.25) is 0 Å². The number of aliphatic hydroxyl groups is 1. The zero-order valence-corrected chi connectivity index (χ0v) is 14.0. The van der Waals surface area contributed by atoms with E-state index in [1.165, 1.54) is 0 Å². The van der Waals surface area contributed by atoms with E-state index in [4.69, 9.17) is 16.3 Å². The van der Waals surface area contributed by atoms with Crippen molar-refractivity contribution in [1.29, 1.82) is 0 Å². The Bertz CT molecular complexity index is 507. The first kappa shape index (κ1) is 17.8. The van der Waals surface area contributed by atoms with Gasteiger partial charge >= 0.3 is 6.09 Å². The Labute approximate surface area is 131 Å². The summed E-state index contributed by atoms with van der Waals surface area (Å²) in [6.45, 7) is 9.40. The zero-order chi connectivity index (χ0) is 16.3. The van der Waals surface area contributed by atoms with E-state index in [-0.39, 0.29) is 12.0 Å². The lowest BCUT2D eigenvalue weighted by atomic mass is 9.86. The molecule has 5 heteroatoms. The second-order valence-corrected chi connectivity index (χ2v) is 7.34. The molecular weight excluding hydrogens is 290 g/mol. The fourth-order valence-corrected chi connectivity index (χ4v) is 1.97. The van der Waals surface area contributed by atoms with Gasteiger partial charge in [0.1, 0.15) is 5.60 Å². The summed E-state index contributed by atoms with van der Waals surface area (Å²) in [6, 6.07) is 5.27. The van der Waals surface area contributed by atoms with E-state index in [0.717, 1.165) is 5.56 Å². The number of rotatable bonds is 4. The van der Waals surface area contributed by atoms with Crippen molar-refractivity contribution >= 4 is 23.4 Å². The van der Waals surface area contributed by atoms with Crippen molar-refractivity contribution in [3.05, 3.63) is 28.8 Å². The van der Waals surface area contributed by atoms with E-state index < -0.39 is 11.7 Å². The molecule has 0 radical (unpaired) electrons. The van der Waals surface area contributed by atoms with E-state index in [9.17, 15) is 9.90 Å². The summed E-state index contributed by atoms with van der Waals surface area (Å²) in [5.74, 6) is 0. The van der Waals surface area contributed by atoms with Gasteiger partial charge in [-0.3, -0.25) is 5.32 Å². The van der Waals surface area contributed by atoms with Crippen LogP contribution in [-0.2, 0) is 11.2 Å². The molecule has 0 aliphatic carbocycles. The summed E-state index contributed by atoms with van der Waals surface area (Å²) in [7, 11) is 0. The Morgan fingerprint density at radius 2 is 1.90 bits per heavy atom. The van der Waals surface area contributed by atoms with Gasteiger partial charge in [0.25, 0.3) is 0 Å². The van der Waals surface area contributed by atoms with Crippen LogP contribution in [0.3, 0.4) is 0 Å². The van der Waals surface area contributed by atoms with Gasteiger partial charge in [0, 0.05) is 17.3 Å². The lowest BCUT2D eigenvalue weighted by Crippen LogP contribution is -2.27. The molecule has 1 rings (SSSR count). The number of benzene rings is 1. The SMILES string of the molecule is CC(C)(CO)Cc1cc(NC(=O)OC(C)(C)C)ccc1Cl. The Morgan fingerprint density at radius 1 is 1.29 bits per heavy atom. The molecule has 118 valence electrons. The lowest BCUT2D eigenvalue weighted by molar-refractivity contribution is 0.0636. The summed E-state index contributed by atoms with van der Waals surface area (Å²) in [6.07, 6.45) is 0.115. The van der Waals surface area contributed by atoms with E-state index in [1.807, 2.05) is 40.7 Å². The first-order chi connectivity index (χ1) is 9.52. The van der Waals surface area contributed by atoms with Crippen molar-refractivity contribution in [3.8, 4) is 0 Å². The van der Waals surface area contributed by atoms with Crippen LogP contribution in [0.4, 0.5) is 10.5 Å². The molecule has 0 heterocycles. The number of aliphatic hydroxyl groups excluding tert-OH is 1. The molecule has 0 saturated heterocycles. The van der Waals surface area contributed by atoms with Crippen LogP contribution in [0.2, 0.25) is 5.02 Å². The second kappa shape index (κ2) is 6.67. The van der Waals surface area contributed by atoms with Gasteiger partial charge in [-0.05, 0) is 56.4 Å². The minimum atomic E-state index is -0.543. The molecular formula is C16H24ClNO3. The number of nitrogens with one attached hydrogen (secondary N) is 1. The molecule has 4 nitrogen and oxygen atoms in total. The van der Waals surface area contributed by atoms with Crippen molar-refractivity contribution in [1.82, 2.24) is 0 Å². The fourth-order valence-electron chi connectivity index (χ4n) is 1.78. The molecule has 0 aromatic heterocycles. The normalized spacial score (nSPS) is 12.1. The number of hydrogen-bond acceptors (Lipinski definition) is 3. The highest BCUT2D eigenvalue weighted by Gasteiger charge is 2.20. The van der Waals surface area contributed by atoms with Gasteiger partial charge in [-0.25, -0.2) is 4.79 Å². The van der Waals surface area contributed by atoms with E-state index in [1.54, 1.807) is 12.1 Å². The summed E-state index contributed by atoms with van der Waals surface area (Å²) in [5, 5.41) is 12.7. The van der Waals surface area contributed by atoms with E-state index in [2.05, 4.69) is 5.32 Å². The van der Waals surface area contributed by atoms with Gasteiger partial charge < -0.3 is 9.84 Å². The molecule has 0 aliphatic rings. The molecule has 0 atom stereocenters. The summed E-state index contributed by atoms with van der Waals surface area (Å²) in [4.78, 5) is 11.8. The topological polar surface area (TPSA) is 58.6 Å². The van der Waals surface area contributed by atoms with Gasteiger partial charge in [-0.1, -0.05) is 25.4 Å². The minimum absolute atomic E-state index is 0.0626. The van der Waals surface area contributed by atoms with Crippen molar-refractivity contribution in [2.24, 2.45) is 5.41 Å². The van der Waals surface area contributed by atoms with Crippen LogP contribution >= 0.6 is 11.6 Å². The molecule has 1 aromatic rings. The van der Waals surface area contributed by atoms with Crippen LogP contribution in [0.5, 0.6) is 0 Å². The quantitative estimate of drug-likeness (QED) is 0.873. The van der Waals surface area contributed by atoms with Gasteiger partial charge in [-0.15, -0.1) is 0 Å². The van der Waals surface area contributed by atoms with Crippen LogP contribution in [0.1, 0.15) is 40.2 Å². The average Bonchev–Trinajstić information content (AvgIpc) is 2.30. The maximum Gasteiger partial charge on any atom is 0.412 e. The number of ether oxygens (including phenoxy) is 1. The Morgan fingerprint density at radius 3 is 2.43 bits per heavy atom.